The van der Waals surface area contributed by atoms with E-state index < -0.39 is 0 Å². The van der Waals surface area contributed by atoms with E-state index in [2.05, 4.69) is 31.0 Å². The summed E-state index contributed by atoms with van der Waals surface area (Å²) in [7, 11) is 0. The van der Waals surface area contributed by atoms with Gasteiger partial charge in [-0.3, -0.25) is 4.90 Å². The number of rotatable bonds is 3. The Morgan fingerprint density at radius 1 is 1.00 bits per heavy atom. The number of hydrogen-bond donors (Lipinski definition) is 1. The van der Waals surface area contributed by atoms with E-state index in [0.29, 0.717) is 0 Å². The summed E-state index contributed by atoms with van der Waals surface area (Å²) in [6, 6.07) is 2.41. The van der Waals surface area contributed by atoms with Crippen molar-refractivity contribution in [2.45, 2.75) is 90.3 Å². The predicted molar refractivity (Wildman–Crippen MR) is 90.5 cm³/mol. The lowest BCUT2D eigenvalue weighted by Gasteiger charge is -2.47. The highest BCUT2D eigenvalue weighted by Crippen LogP contribution is 2.38. The van der Waals surface area contributed by atoms with Crippen molar-refractivity contribution >= 4 is 0 Å². The van der Waals surface area contributed by atoms with Crippen molar-refractivity contribution in [3.63, 3.8) is 0 Å². The molecule has 2 heteroatoms. The second kappa shape index (κ2) is 7.00. The minimum absolute atomic E-state index is 0.774. The summed E-state index contributed by atoms with van der Waals surface area (Å²) in [4.78, 5) is 2.93. The van der Waals surface area contributed by atoms with Crippen LogP contribution < -0.4 is 5.32 Å². The molecule has 3 rings (SSSR count). The van der Waals surface area contributed by atoms with Gasteiger partial charge in [-0.15, -0.1) is 0 Å². The fraction of sp³-hybridized carbons (Fsp3) is 1.00. The topological polar surface area (TPSA) is 15.3 Å². The van der Waals surface area contributed by atoms with Crippen molar-refractivity contribution in [3.05, 3.63) is 0 Å². The fourth-order valence-corrected chi connectivity index (χ4v) is 5.29. The Balaban J connectivity index is 1.67. The van der Waals surface area contributed by atoms with Crippen molar-refractivity contribution in [2.75, 3.05) is 13.1 Å². The van der Waals surface area contributed by atoms with E-state index >= 15 is 0 Å². The second-order valence-electron chi connectivity index (χ2n) is 8.15. The molecule has 0 aromatic carbocycles. The van der Waals surface area contributed by atoms with Crippen LogP contribution in [0.1, 0.15) is 72.1 Å². The SMILES string of the molecule is CCC1CNC(C2CCCCC2)CN1C1CCC(C)C1C. The zero-order chi connectivity index (χ0) is 14.8. The first-order valence-corrected chi connectivity index (χ1v) is 9.69. The third-order valence-electron chi connectivity index (χ3n) is 7.03. The molecular weight excluding hydrogens is 256 g/mol. The number of nitrogens with zero attached hydrogens (tertiary/aromatic N) is 1. The Hall–Kier alpha value is -0.0800. The van der Waals surface area contributed by atoms with Gasteiger partial charge in [-0.2, -0.15) is 0 Å². The molecule has 122 valence electrons. The van der Waals surface area contributed by atoms with Gasteiger partial charge in [0.1, 0.15) is 0 Å². The van der Waals surface area contributed by atoms with Crippen molar-refractivity contribution in [3.8, 4) is 0 Å². The largest absolute Gasteiger partial charge is 0.311 e. The molecule has 21 heavy (non-hydrogen) atoms. The maximum Gasteiger partial charge on any atom is 0.0224 e. The molecule has 0 radical (unpaired) electrons. The van der Waals surface area contributed by atoms with E-state index in [1.165, 1.54) is 64.5 Å². The van der Waals surface area contributed by atoms with Crippen LogP contribution in [0.5, 0.6) is 0 Å². The van der Waals surface area contributed by atoms with Crippen LogP contribution in [0, 0.1) is 17.8 Å². The van der Waals surface area contributed by atoms with Gasteiger partial charge in [-0.05, 0) is 49.9 Å². The number of nitrogens with one attached hydrogen (secondary N) is 1. The van der Waals surface area contributed by atoms with E-state index in [0.717, 1.165) is 35.9 Å². The summed E-state index contributed by atoms with van der Waals surface area (Å²) >= 11 is 0. The van der Waals surface area contributed by atoms with Gasteiger partial charge in [0.05, 0.1) is 0 Å². The molecule has 3 fully saturated rings. The van der Waals surface area contributed by atoms with Gasteiger partial charge in [0, 0.05) is 31.2 Å². The summed E-state index contributed by atoms with van der Waals surface area (Å²) < 4.78 is 0. The molecule has 0 aromatic rings. The zero-order valence-corrected chi connectivity index (χ0v) is 14.5. The molecule has 0 amide bonds. The summed E-state index contributed by atoms with van der Waals surface area (Å²) in [5.74, 6) is 2.77. The fourth-order valence-electron chi connectivity index (χ4n) is 5.29. The van der Waals surface area contributed by atoms with E-state index in [-0.39, 0.29) is 0 Å². The maximum atomic E-state index is 3.93. The molecule has 5 atom stereocenters. The van der Waals surface area contributed by atoms with Crippen LogP contribution in [-0.2, 0) is 0 Å². The molecule has 2 aliphatic carbocycles. The normalized spacial score (nSPS) is 43.3. The molecule has 3 aliphatic rings. The van der Waals surface area contributed by atoms with Gasteiger partial charge in [0.15, 0.2) is 0 Å². The maximum absolute atomic E-state index is 3.93. The van der Waals surface area contributed by atoms with Crippen LogP contribution in [0.2, 0.25) is 0 Å². The van der Waals surface area contributed by atoms with Crippen LogP contribution in [0.25, 0.3) is 0 Å². The Morgan fingerprint density at radius 3 is 2.38 bits per heavy atom. The third-order valence-corrected chi connectivity index (χ3v) is 7.03. The molecule has 5 unspecified atom stereocenters. The highest BCUT2D eigenvalue weighted by atomic mass is 15.3. The Morgan fingerprint density at radius 2 is 1.76 bits per heavy atom. The highest BCUT2D eigenvalue weighted by molar-refractivity contribution is 4.96. The lowest BCUT2D eigenvalue weighted by atomic mass is 9.82. The van der Waals surface area contributed by atoms with Gasteiger partial charge in [0.2, 0.25) is 0 Å². The van der Waals surface area contributed by atoms with Crippen LogP contribution in [0.4, 0.5) is 0 Å². The van der Waals surface area contributed by atoms with Gasteiger partial charge in [-0.1, -0.05) is 40.0 Å². The van der Waals surface area contributed by atoms with Crippen molar-refractivity contribution in [2.24, 2.45) is 17.8 Å². The first kappa shape index (κ1) is 15.8. The van der Waals surface area contributed by atoms with E-state index in [9.17, 15) is 0 Å². The summed E-state index contributed by atoms with van der Waals surface area (Å²) in [5, 5.41) is 3.93. The first-order valence-electron chi connectivity index (χ1n) is 9.69. The van der Waals surface area contributed by atoms with Crippen LogP contribution >= 0.6 is 0 Å². The van der Waals surface area contributed by atoms with E-state index in [1.54, 1.807) is 0 Å². The predicted octanol–water partition coefficient (Wildman–Crippen LogP) is 4.05. The minimum Gasteiger partial charge on any atom is -0.311 e. The lowest BCUT2D eigenvalue weighted by Crippen LogP contribution is -2.61. The summed E-state index contributed by atoms with van der Waals surface area (Å²) in [6.07, 6.45) is 11.5. The first-order chi connectivity index (χ1) is 10.2. The Kier molecular flexibility index (Phi) is 5.27. The van der Waals surface area contributed by atoms with Gasteiger partial charge < -0.3 is 5.32 Å². The average Bonchev–Trinajstić information content (AvgIpc) is 2.87. The quantitative estimate of drug-likeness (QED) is 0.844. The van der Waals surface area contributed by atoms with E-state index in [4.69, 9.17) is 0 Å². The molecule has 1 N–H and O–H groups in total. The van der Waals surface area contributed by atoms with Gasteiger partial charge in [-0.25, -0.2) is 0 Å². The van der Waals surface area contributed by atoms with Crippen molar-refractivity contribution in [1.82, 2.24) is 10.2 Å². The number of hydrogen-bond acceptors (Lipinski definition) is 2. The highest BCUT2D eigenvalue weighted by Gasteiger charge is 2.40. The third kappa shape index (κ3) is 3.32. The van der Waals surface area contributed by atoms with E-state index in [1.807, 2.05) is 0 Å². The smallest absolute Gasteiger partial charge is 0.0224 e. The minimum atomic E-state index is 0.774. The monoisotopic (exact) mass is 292 g/mol. The number of piperazine rings is 1. The second-order valence-corrected chi connectivity index (χ2v) is 8.15. The molecule has 1 heterocycles. The molecule has 0 spiro atoms. The standard InChI is InChI=1S/C19H36N2/c1-4-17-12-20-18(16-8-6-5-7-9-16)13-21(17)19-11-10-14(2)15(19)3/h14-20H,4-13H2,1-3H3. The zero-order valence-electron chi connectivity index (χ0n) is 14.5. The molecular formula is C19H36N2. The van der Waals surface area contributed by atoms with Crippen LogP contribution in [0.15, 0.2) is 0 Å². The molecule has 1 saturated heterocycles. The van der Waals surface area contributed by atoms with Crippen molar-refractivity contribution < 1.29 is 0 Å². The summed E-state index contributed by atoms with van der Waals surface area (Å²) in [6.45, 7) is 9.91. The molecule has 0 aromatic heterocycles. The molecule has 1 aliphatic heterocycles. The Labute approximate surface area is 132 Å². The molecule has 2 nitrogen and oxygen atoms in total. The van der Waals surface area contributed by atoms with Gasteiger partial charge in [0.25, 0.3) is 0 Å². The molecule has 0 bridgehead atoms. The van der Waals surface area contributed by atoms with Crippen molar-refractivity contribution in [1.29, 1.82) is 0 Å². The van der Waals surface area contributed by atoms with Crippen LogP contribution in [-0.4, -0.2) is 36.1 Å². The average molecular weight is 293 g/mol. The van der Waals surface area contributed by atoms with Gasteiger partial charge >= 0.3 is 0 Å². The summed E-state index contributed by atoms with van der Waals surface area (Å²) in [5.41, 5.74) is 0. The Bertz CT molecular complexity index is 324. The molecule has 2 saturated carbocycles. The lowest BCUT2D eigenvalue weighted by molar-refractivity contribution is 0.0400. The van der Waals surface area contributed by atoms with Crippen LogP contribution in [0.3, 0.4) is 0 Å².